The van der Waals surface area contributed by atoms with Crippen LogP contribution in [-0.2, 0) is 10.0 Å². The summed E-state index contributed by atoms with van der Waals surface area (Å²) >= 11 is 0. The number of non-ortho nitro benzene ring substituents is 1. The minimum atomic E-state index is -4.00. The van der Waals surface area contributed by atoms with Crippen molar-refractivity contribution in [2.24, 2.45) is 5.10 Å². The molecule has 1 N–H and O–H groups in total. The van der Waals surface area contributed by atoms with Gasteiger partial charge >= 0.3 is 0 Å². The van der Waals surface area contributed by atoms with E-state index in [0.29, 0.717) is 17.0 Å². The van der Waals surface area contributed by atoms with Crippen molar-refractivity contribution < 1.29 is 13.3 Å². The molecule has 9 heteroatoms. The molecule has 136 valence electrons. The van der Waals surface area contributed by atoms with Gasteiger partial charge < -0.3 is 0 Å². The van der Waals surface area contributed by atoms with Gasteiger partial charge in [-0.3, -0.25) is 15.1 Å². The Bertz CT molecular complexity index is 1030. The summed E-state index contributed by atoms with van der Waals surface area (Å²) in [6.45, 7) is 0. The van der Waals surface area contributed by atoms with Crippen LogP contribution in [0.25, 0.3) is 0 Å². The Morgan fingerprint density at radius 3 is 2.22 bits per heavy atom. The molecule has 1 aromatic heterocycles. The van der Waals surface area contributed by atoms with Gasteiger partial charge in [0.1, 0.15) is 5.71 Å². The van der Waals surface area contributed by atoms with E-state index in [4.69, 9.17) is 0 Å². The predicted molar refractivity (Wildman–Crippen MR) is 99.7 cm³/mol. The molecular weight excluding hydrogens is 368 g/mol. The van der Waals surface area contributed by atoms with E-state index < -0.39 is 14.9 Å². The first-order valence-electron chi connectivity index (χ1n) is 7.78. The molecule has 1 heterocycles. The number of nitro groups is 1. The first-order chi connectivity index (χ1) is 13.0. The Kier molecular flexibility index (Phi) is 5.23. The van der Waals surface area contributed by atoms with Crippen molar-refractivity contribution in [2.45, 2.75) is 4.90 Å². The average molecular weight is 382 g/mol. The highest BCUT2D eigenvalue weighted by Crippen LogP contribution is 2.16. The van der Waals surface area contributed by atoms with Gasteiger partial charge in [0.05, 0.1) is 15.5 Å². The van der Waals surface area contributed by atoms with Gasteiger partial charge in [0.15, 0.2) is 0 Å². The Morgan fingerprint density at radius 2 is 1.63 bits per heavy atom. The van der Waals surface area contributed by atoms with Crippen molar-refractivity contribution in [3.63, 3.8) is 0 Å². The first kappa shape index (κ1) is 18.2. The van der Waals surface area contributed by atoms with Crippen LogP contribution in [-0.4, -0.2) is 24.0 Å². The molecule has 0 atom stereocenters. The van der Waals surface area contributed by atoms with Crippen LogP contribution < -0.4 is 4.83 Å². The lowest BCUT2D eigenvalue weighted by Gasteiger charge is -2.08. The minimum absolute atomic E-state index is 0.134. The Labute approximate surface area is 155 Å². The number of hydrogen-bond donors (Lipinski definition) is 1. The average Bonchev–Trinajstić information content (AvgIpc) is 2.70. The molecule has 2 aromatic carbocycles. The van der Waals surface area contributed by atoms with Gasteiger partial charge in [-0.15, -0.1) is 0 Å². The topological polar surface area (TPSA) is 115 Å². The van der Waals surface area contributed by atoms with Crippen molar-refractivity contribution in [1.29, 1.82) is 0 Å². The lowest BCUT2D eigenvalue weighted by Crippen LogP contribution is -2.21. The summed E-state index contributed by atoms with van der Waals surface area (Å²) < 4.78 is 24.9. The number of hydrazone groups is 1. The SMILES string of the molecule is O=[N+]([O-])c1ccc(S(=O)(=O)N/N=C(\c2ccccc2)c2ccccn2)cc1. The van der Waals surface area contributed by atoms with E-state index in [-0.39, 0.29) is 10.6 Å². The van der Waals surface area contributed by atoms with Gasteiger partial charge in [0.25, 0.3) is 15.7 Å². The fourth-order valence-corrected chi connectivity index (χ4v) is 3.09. The first-order valence-corrected chi connectivity index (χ1v) is 9.26. The summed E-state index contributed by atoms with van der Waals surface area (Å²) in [6, 6.07) is 18.8. The Balaban J connectivity index is 1.95. The molecule has 0 radical (unpaired) electrons. The molecule has 0 unspecified atom stereocenters. The number of pyridine rings is 1. The molecule has 0 fully saturated rings. The molecule has 3 aromatic rings. The quantitative estimate of drug-likeness (QED) is 0.400. The van der Waals surface area contributed by atoms with Gasteiger partial charge in [-0.1, -0.05) is 36.4 Å². The molecule has 0 aliphatic heterocycles. The fourth-order valence-electron chi connectivity index (χ4n) is 2.27. The summed E-state index contributed by atoms with van der Waals surface area (Å²) in [7, 11) is -4.00. The molecule has 0 aliphatic carbocycles. The van der Waals surface area contributed by atoms with Crippen LogP contribution in [0.4, 0.5) is 5.69 Å². The summed E-state index contributed by atoms with van der Waals surface area (Å²) in [5, 5.41) is 14.8. The standard InChI is InChI=1S/C18H14N4O4S/c23-22(24)15-9-11-16(12-10-15)27(25,26)21-20-18(14-6-2-1-3-7-14)17-8-4-5-13-19-17/h1-13,21H/b20-18+. The number of sulfonamides is 1. The van der Waals surface area contributed by atoms with Gasteiger partial charge in [-0.2, -0.15) is 18.4 Å². The molecule has 27 heavy (non-hydrogen) atoms. The van der Waals surface area contributed by atoms with Crippen LogP contribution >= 0.6 is 0 Å². The third-order valence-corrected chi connectivity index (χ3v) is 4.81. The summed E-state index contributed by atoms with van der Waals surface area (Å²) in [5.41, 5.74) is 1.33. The highest BCUT2D eigenvalue weighted by molar-refractivity contribution is 7.89. The third kappa shape index (κ3) is 4.33. The number of hydrogen-bond acceptors (Lipinski definition) is 6. The van der Waals surface area contributed by atoms with Crippen LogP contribution in [0.2, 0.25) is 0 Å². The number of nitrogens with zero attached hydrogens (tertiary/aromatic N) is 3. The lowest BCUT2D eigenvalue weighted by molar-refractivity contribution is -0.384. The van der Waals surface area contributed by atoms with E-state index in [1.807, 2.05) is 6.07 Å². The second-order valence-corrected chi connectivity index (χ2v) is 7.05. The van der Waals surface area contributed by atoms with Crippen LogP contribution in [0.3, 0.4) is 0 Å². The summed E-state index contributed by atoms with van der Waals surface area (Å²) in [6.07, 6.45) is 1.58. The van der Waals surface area contributed by atoms with Gasteiger partial charge in [-0.25, -0.2) is 0 Å². The smallest absolute Gasteiger partial charge is 0.258 e. The Morgan fingerprint density at radius 1 is 0.963 bits per heavy atom. The van der Waals surface area contributed by atoms with Gasteiger partial charge in [-0.05, 0) is 24.3 Å². The number of nitro benzene ring substituents is 1. The van der Waals surface area contributed by atoms with Crippen LogP contribution in [0.1, 0.15) is 11.3 Å². The maximum absolute atomic E-state index is 12.5. The van der Waals surface area contributed by atoms with Crippen molar-refractivity contribution in [2.75, 3.05) is 0 Å². The number of aromatic nitrogens is 1. The van der Waals surface area contributed by atoms with Crippen LogP contribution in [0, 0.1) is 10.1 Å². The van der Waals surface area contributed by atoms with Crippen molar-refractivity contribution in [1.82, 2.24) is 9.82 Å². The zero-order valence-electron chi connectivity index (χ0n) is 13.9. The van der Waals surface area contributed by atoms with Gasteiger partial charge in [0, 0.05) is 23.9 Å². The van der Waals surface area contributed by atoms with E-state index in [0.717, 1.165) is 24.3 Å². The predicted octanol–water partition coefficient (Wildman–Crippen LogP) is 2.72. The van der Waals surface area contributed by atoms with Crippen molar-refractivity contribution in [3.05, 3.63) is 100 Å². The monoisotopic (exact) mass is 382 g/mol. The van der Waals surface area contributed by atoms with E-state index in [9.17, 15) is 18.5 Å². The second kappa shape index (κ2) is 7.75. The molecule has 8 nitrogen and oxygen atoms in total. The van der Waals surface area contributed by atoms with E-state index in [1.54, 1.807) is 48.7 Å². The van der Waals surface area contributed by atoms with Crippen molar-refractivity contribution in [3.8, 4) is 0 Å². The highest BCUT2D eigenvalue weighted by atomic mass is 32.2. The molecule has 0 bridgehead atoms. The zero-order chi connectivity index (χ0) is 19.3. The number of rotatable bonds is 6. The maximum atomic E-state index is 12.5. The van der Waals surface area contributed by atoms with Gasteiger partial charge in [0.2, 0.25) is 0 Å². The summed E-state index contributed by atoms with van der Waals surface area (Å²) in [4.78, 5) is 16.4. The fraction of sp³-hybridized carbons (Fsp3) is 0. The highest BCUT2D eigenvalue weighted by Gasteiger charge is 2.16. The molecule has 0 amide bonds. The number of nitrogens with one attached hydrogen (secondary N) is 1. The van der Waals surface area contributed by atoms with Crippen LogP contribution in [0.5, 0.6) is 0 Å². The minimum Gasteiger partial charge on any atom is -0.258 e. The van der Waals surface area contributed by atoms with E-state index >= 15 is 0 Å². The maximum Gasteiger partial charge on any atom is 0.276 e. The normalized spacial score (nSPS) is 11.8. The molecule has 0 spiro atoms. The molecule has 0 saturated carbocycles. The summed E-state index contributed by atoms with van der Waals surface area (Å²) in [5.74, 6) is 0. The lowest BCUT2D eigenvalue weighted by atomic mass is 10.1. The molecule has 0 saturated heterocycles. The Hall–Kier alpha value is -3.59. The molecule has 3 rings (SSSR count). The van der Waals surface area contributed by atoms with Crippen molar-refractivity contribution >= 4 is 21.4 Å². The third-order valence-electron chi connectivity index (χ3n) is 3.59. The second-order valence-electron chi connectivity index (χ2n) is 5.39. The van der Waals surface area contributed by atoms with E-state index in [1.165, 1.54) is 0 Å². The van der Waals surface area contributed by atoms with Crippen LogP contribution in [0.15, 0.2) is 89.0 Å². The number of benzene rings is 2. The largest absolute Gasteiger partial charge is 0.276 e. The molecular formula is C18H14N4O4S. The molecule has 0 aliphatic rings. The zero-order valence-corrected chi connectivity index (χ0v) is 14.7. The van der Waals surface area contributed by atoms with E-state index in [2.05, 4.69) is 14.9 Å².